The van der Waals surface area contributed by atoms with E-state index in [1.807, 2.05) is 0 Å². The average molecular weight is 300 g/mol. The van der Waals surface area contributed by atoms with E-state index in [9.17, 15) is 9.18 Å². The zero-order valence-electron chi connectivity index (χ0n) is 12.5. The molecule has 1 aromatic carbocycles. The summed E-state index contributed by atoms with van der Waals surface area (Å²) in [4.78, 5) is 20.6. The van der Waals surface area contributed by atoms with E-state index >= 15 is 0 Å². The van der Waals surface area contributed by atoms with Gasteiger partial charge in [-0.2, -0.15) is 0 Å². The highest BCUT2D eigenvalue weighted by Crippen LogP contribution is 2.30. The van der Waals surface area contributed by atoms with Gasteiger partial charge in [0.15, 0.2) is 0 Å². The highest BCUT2D eigenvalue weighted by molar-refractivity contribution is 6.07. The summed E-state index contributed by atoms with van der Waals surface area (Å²) in [6, 6.07) is 4.65. The number of aromatic nitrogens is 2. The van der Waals surface area contributed by atoms with Gasteiger partial charge in [-0.3, -0.25) is 4.79 Å². The first-order chi connectivity index (χ1) is 10.5. The number of carbonyl (C=O) groups is 1. The molecule has 2 aromatic rings. The summed E-state index contributed by atoms with van der Waals surface area (Å²) in [5.74, 6) is -0.627. The van der Waals surface area contributed by atoms with Crippen molar-refractivity contribution in [1.29, 1.82) is 0 Å². The molecule has 1 amide bonds. The second-order valence-electron chi connectivity index (χ2n) is 5.48. The number of nitrogens with zero attached hydrogens (tertiary/aromatic N) is 2. The lowest BCUT2D eigenvalue weighted by atomic mass is 10.1. The quantitative estimate of drug-likeness (QED) is 0.910. The summed E-state index contributed by atoms with van der Waals surface area (Å²) >= 11 is 0. The Kier molecular flexibility index (Phi) is 3.75. The number of amides is 1. The van der Waals surface area contributed by atoms with Crippen LogP contribution in [0.4, 0.5) is 15.8 Å². The molecular formula is C16H17FN4O. The molecule has 0 aliphatic heterocycles. The van der Waals surface area contributed by atoms with Crippen LogP contribution in [0.1, 0.15) is 34.6 Å². The Bertz CT molecular complexity index is 708. The largest absolute Gasteiger partial charge is 0.381 e. The maximum absolute atomic E-state index is 13.4. The van der Waals surface area contributed by atoms with Gasteiger partial charge in [-0.1, -0.05) is 0 Å². The third-order valence-electron chi connectivity index (χ3n) is 3.62. The van der Waals surface area contributed by atoms with Crippen molar-refractivity contribution in [3.63, 3.8) is 0 Å². The topological polar surface area (TPSA) is 66.9 Å². The molecule has 1 fully saturated rings. The number of halogens is 1. The fraction of sp³-hybridized carbons (Fsp3) is 0.312. The SMILES string of the molecule is Cc1ncnc(C)c1C(=O)Nc1ccc(F)cc1NC1CC1. The van der Waals surface area contributed by atoms with Gasteiger partial charge in [0, 0.05) is 6.04 Å². The minimum atomic E-state index is -0.337. The van der Waals surface area contributed by atoms with Crippen molar-refractivity contribution in [2.75, 3.05) is 10.6 Å². The highest BCUT2D eigenvalue weighted by Gasteiger charge is 2.23. The Labute approximate surface area is 128 Å². The summed E-state index contributed by atoms with van der Waals surface area (Å²) in [5, 5.41) is 6.05. The Balaban J connectivity index is 1.87. The van der Waals surface area contributed by atoms with E-state index in [-0.39, 0.29) is 11.7 Å². The van der Waals surface area contributed by atoms with Gasteiger partial charge in [-0.25, -0.2) is 14.4 Å². The number of carbonyl (C=O) groups excluding carboxylic acids is 1. The van der Waals surface area contributed by atoms with Gasteiger partial charge in [0.1, 0.15) is 12.1 Å². The fourth-order valence-corrected chi connectivity index (χ4v) is 2.30. The predicted molar refractivity (Wildman–Crippen MR) is 82.5 cm³/mol. The second-order valence-corrected chi connectivity index (χ2v) is 5.48. The number of nitrogens with one attached hydrogen (secondary N) is 2. The van der Waals surface area contributed by atoms with Gasteiger partial charge < -0.3 is 10.6 Å². The van der Waals surface area contributed by atoms with Crippen LogP contribution in [-0.2, 0) is 0 Å². The minimum Gasteiger partial charge on any atom is -0.381 e. The molecule has 1 aliphatic rings. The summed E-state index contributed by atoms with van der Waals surface area (Å²) in [6.07, 6.45) is 3.56. The van der Waals surface area contributed by atoms with Gasteiger partial charge in [0.05, 0.1) is 28.3 Å². The lowest BCUT2D eigenvalue weighted by Gasteiger charge is -2.14. The van der Waals surface area contributed by atoms with Gasteiger partial charge in [0.2, 0.25) is 0 Å². The summed E-state index contributed by atoms with van der Waals surface area (Å²) in [6.45, 7) is 3.52. The van der Waals surface area contributed by atoms with Crippen molar-refractivity contribution < 1.29 is 9.18 Å². The second kappa shape index (κ2) is 5.71. The molecule has 0 saturated heterocycles. The van der Waals surface area contributed by atoms with Crippen LogP contribution in [0.25, 0.3) is 0 Å². The fourth-order valence-electron chi connectivity index (χ4n) is 2.30. The van der Waals surface area contributed by atoms with Crippen LogP contribution in [0, 0.1) is 19.7 Å². The minimum absolute atomic E-state index is 0.291. The highest BCUT2D eigenvalue weighted by atomic mass is 19.1. The van der Waals surface area contributed by atoms with Crippen LogP contribution in [0.3, 0.4) is 0 Å². The molecule has 1 aromatic heterocycles. The van der Waals surface area contributed by atoms with E-state index in [0.717, 1.165) is 12.8 Å². The molecule has 1 aliphatic carbocycles. The molecule has 1 saturated carbocycles. The molecule has 0 bridgehead atoms. The summed E-state index contributed by atoms with van der Waals surface area (Å²) < 4.78 is 13.4. The van der Waals surface area contributed by atoms with Crippen molar-refractivity contribution in [3.05, 3.63) is 47.3 Å². The number of rotatable bonds is 4. The number of hydrogen-bond acceptors (Lipinski definition) is 4. The molecule has 2 N–H and O–H groups in total. The number of aryl methyl sites for hydroxylation is 2. The smallest absolute Gasteiger partial charge is 0.259 e. The molecule has 3 rings (SSSR count). The summed E-state index contributed by atoms with van der Waals surface area (Å²) in [7, 11) is 0. The van der Waals surface area contributed by atoms with Crippen LogP contribution in [-0.4, -0.2) is 21.9 Å². The lowest BCUT2D eigenvalue weighted by molar-refractivity contribution is 0.102. The van der Waals surface area contributed by atoms with Crippen LogP contribution >= 0.6 is 0 Å². The monoisotopic (exact) mass is 300 g/mol. The normalized spacial score (nSPS) is 13.8. The van der Waals surface area contributed by atoms with Crippen molar-refractivity contribution in [3.8, 4) is 0 Å². The van der Waals surface area contributed by atoms with Crippen molar-refractivity contribution >= 4 is 17.3 Å². The van der Waals surface area contributed by atoms with E-state index in [1.54, 1.807) is 19.9 Å². The first-order valence-electron chi connectivity index (χ1n) is 7.20. The molecule has 0 unspecified atom stereocenters. The maximum Gasteiger partial charge on any atom is 0.259 e. The number of benzene rings is 1. The van der Waals surface area contributed by atoms with E-state index < -0.39 is 0 Å². The molecule has 0 spiro atoms. The third kappa shape index (κ3) is 3.05. The van der Waals surface area contributed by atoms with Gasteiger partial charge in [-0.05, 0) is 44.9 Å². The van der Waals surface area contributed by atoms with Crippen LogP contribution in [0.15, 0.2) is 24.5 Å². The predicted octanol–water partition coefficient (Wildman–Crippen LogP) is 3.06. The zero-order chi connectivity index (χ0) is 15.7. The molecule has 0 atom stereocenters. The van der Waals surface area contributed by atoms with E-state index in [1.165, 1.54) is 18.5 Å². The molecule has 114 valence electrons. The average Bonchev–Trinajstić information content (AvgIpc) is 3.25. The van der Waals surface area contributed by atoms with Crippen molar-refractivity contribution in [2.24, 2.45) is 0 Å². The molecule has 1 heterocycles. The molecule has 5 nitrogen and oxygen atoms in total. The standard InChI is InChI=1S/C16H17FN4O/c1-9-15(10(2)19-8-18-9)16(22)21-13-6-3-11(17)7-14(13)20-12-4-5-12/h3,6-8,12,20H,4-5H2,1-2H3,(H,21,22). The first kappa shape index (κ1) is 14.4. The van der Waals surface area contributed by atoms with Crippen LogP contribution < -0.4 is 10.6 Å². The van der Waals surface area contributed by atoms with Crippen molar-refractivity contribution in [1.82, 2.24) is 9.97 Å². The third-order valence-corrected chi connectivity index (χ3v) is 3.62. The Morgan fingerprint density at radius 1 is 1.18 bits per heavy atom. The van der Waals surface area contributed by atoms with Gasteiger partial charge in [0.25, 0.3) is 5.91 Å². The van der Waals surface area contributed by atoms with Crippen LogP contribution in [0.5, 0.6) is 0 Å². The number of hydrogen-bond donors (Lipinski definition) is 2. The molecule has 0 radical (unpaired) electrons. The molecular weight excluding hydrogens is 283 g/mol. The van der Waals surface area contributed by atoms with Crippen LogP contribution in [0.2, 0.25) is 0 Å². The lowest BCUT2D eigenvalue weighted by Crippen LogP contribution is -2.18. The molecule has 6 heteroatoms. The van der Waals surface area contributed by atoms with Crippen molar-refractivity contribution in [2.45, 2.75) is 32.7 Å². The first-order valence-corrected chi connectivity index (χ1v) is 7.20. The Hall–Kier alpha value is -2.50. The van der Waals surface area contributed by atoms with E-state index in [2.05, 4.69) is 20.6 Å². The van der Waals surface area contributed by atoms with E-state index in [4.69, 9.17) is 0 Å². The van der Waals surface area contributed by atoms with Gasteiger partial charge >= 0.3 is 0 Å². The van der Waals surface area contributed by atoms with E-state index in [0.29, 0.717) is 34.4 Å². The zero-order valence-corrected chi connectivity index (χ0v) is 12.5. The molecule has 22 heavy (non-hydrogen) atoms. The Morgan fingerprint density at radius 2 is 1.86 bits per heavy atom. The Morgan fingerprint density at radius 3 is 2.50 bits per heavy atom. The summed E-state index contributed by atoms with van der Waals surface area (Å²) in [5.41, 5.74) is 2.83. The van der Waals surface area contributed by atoms with Gasteiger partial charge in [-0.15, -0.1) is 0 Å². The number of anilines is 2. The maximum atomic E-state index is 13.4.